The minimum Gasteiger partial charge on any atom is -0.507 e. The van der Waals surface area contributed by atoms with Crippen LogP contribution >= 0.6 is 0 Å². The van der Waals surface area contributed by atoms with Crippen LogP contribution < -0.4 is 16.8 Å². The van der Waals surface area contributed by atoms with Gasteiger partial charge in [0.15, 0.2) is 0 Å². The first-order valence-corrected chi connectivity index (χ1v) is 6.18. The summed E-state index contributed by atoms with van der Waals surface area (Å²) in [6.07, 6.45) is 0.160. The summed E-state index contributed by atoms with van der Waals surface area (Å²) < 4.78 is 0. The molecule has 0 spiro atoms. The Hall–Kier alpha value is -2.61. The maximum Gasteiger partial charge on any atom is 0.339 e. The highest BCUT2D eigenvalue weighted by molar-refractivity contribution is 5.90. The zero-order valence-corrected chi connectivity index (χ0v) is 11.2. The maximum atomic E-state index is 11.6. The molecule has 0 aliphatic rings. The molecule has 0 saturated heterocycles. The highest BCUT2D eigenvalue weighted by Crippen LogP contribution is 2.18. The Kier molecular flexibility index (Phi) is 5.67. The van der Waals surface area contributed by atoms with Crippen LogP contribution in [0.5, 0.6) is 5.75 Å². The summed E-state index contributed by atoms with van der Waals surface area (Å²) in [7, 11) is 0. The molecule has 0 unspecified atom stereocenters. The number of nitrogens with two attached hydrogens (primary N) is 2. The van der Waals surface area contributed by atoms with Gasteiger partial charge in [-0.3, -0.25) is 9.59 Å². The average molecular weight is 295 g/mol. The normalized spacial score (nSPS) is 11.7. The van der Waals surface area contributed by atoms with Crippen molar-refractivity contribution < 1.29 is 24.6 Å². The minimum atomic E-state index is -1.24. The number of benzene rings is 1. The Labute approximate surface area is 120 Å². The third-order valence-corrected chi connectivity index (χ3v) is 2.80. The Balaban J connectivity index is 2.55. The monoisotopic (exact) mass is 295 g/mol. The third-order valence-electron chi connectivity index (χ3n) is 2.80. The third kappa shape index (κ3) is 5.11. The molecule has 1 aromatic carbocycles. The lowest BCUT2D eigenvalue weighted by Crippen LogP contribution is -2.40. The fraction of sp³-hybridized carbons (Fsp3) is 0.308. The first-order chi connectivity index (χ1) is 9.81. The van der Waals surface area contributed by atoms with Crippen molar-refractivity contribution in [3.8, 4) is 5.75 Å². The highest BCUT2D eigenvalue weighted by atomic mass is 16.4. The number of rotatable bonds is 7. The smallest absolute Gasteiger partial charge is 0.339 e. The molecule has 0 heterocycles. The molecule has 21 heavy (non-hydrogen) atoms. The number of carboxylic acids is 1. The number of nitrogens with one attached hydrogen (secondary N) is 1. The van der Waals surface area contributed by atoms with Gasteiger partial charge < -0.3 is 27.0 Å². The summed E-state index contributed by atoms with van der Waals surface area (Å²) in [5, 5.41) is 20.8. The van der Waals surface area contributed by atoms with Crippen molar-refractivity contribution in [3.05, 3.63) is 29.3 Å². The van der Waals surface area contributed by atoms with E-state index in [1.807, 2.05) is 0 Å². The number of phenols is 1. The molecule has 0 fully saturated rings. The van der Waals surface area contributed by atoms with Crippen LogP contribution in [0.1, 0.15) is 28.8 Å². The van der Waals surface area contributed by atoms with Gasteiger partial charge >= 0.3 is 5.97 Å². The fourth-order valence-electron chi connectivity index (χ4n) is 1.62. The summed E-state index contributed by atoms with van der Waals surface area (Å²) in [4.78, 5) is 33.0. The standard InChI is InChI=1S/C13H17N3O5/c14-9(3-4-11(15)18)12(19)16-6-7-1-2-8(13(20)21)10(17)5-7/h1-2,5,9,17H,3-4,6,14H2,(H2,15,18)(H,16,19)(H,20,21)/t9-/m0/s1. The molecule has 8 heteroatoms. The van der Waals surface area contributed by atoms with Crippen molar-refractivity contribution >= 4 is 17.8 Å². The predicted molar refractivity (Wildman–Crippen MR) is 73.3 cm³/mol. The molecule has 1 rings (SSSR count). The van der Waals surface area contributed by atoms with Gasteiger partial charge in [-0.1, -0.05) is 6.07 Å². The van der Waals surface area contributed by atoms with Gasteiger partial charge in [0, 0.05) is 13.0 Å². The van der Waals surface area contributed by atoms with E-state index in [2.05, 4.69) is 5.32 Å². The second kappa shape index (κ2) is 7.25. The van der Waals surface area contributed by atoms with Gasteiger partial charge in [0.2, 0.25) is 11.8 Å². The SMILES string of the molecule is NC(=O)CC[C@H](N)C(=O)NCc1ccc(C(=O)O)c(O)c1. The summed E-state index contributed by atoms with van der Waals surface area (Å²) in [5.41, 5.74) is 10.8. The molecule has 2 amide bonds. The number of carboxylic acid groups (broad SMARTS) is 1. The second-order valence-corrected chi connectivity index (χ2v) is 4.49. The number of carbonyl (C=O) groups excluding carboxylic acids is 2. The lowest BCUT2D eigenvalue weighted by Gasteiger charge is -2.11. The predicted octanol–water partition coefficient (Wildman–Crippen LogP) is -0.701. The molecule has 0 bridgehead atoms. The number of aromatic hydroxyl groups is 1. The quantitative estimate of drug-likeness (QED) is 0.448. The molecule has 7 N–H and O–H groups in total. The van der Waals surface area contributed by atoms with E-state index in [1.54, 1.807) is 0 Å². The van der Waals surface area contributed by atoms with Crippen LogP contribution in [0.15, 0.2) is 18.2 Å². The van der Waals surface area contributed by atoms with E-state index >= 15 is 0 Å². The number of hydrogen-bond acceptors (Lipinski definition) is 5. The molecule has 8 nitrogen and oxygen atoms in total. The van der Waals surface area contributed by atoms with E-state index < -0.39 is 23.8 Å². The Morgan fingerprint density at radius 2 is 1.95 bits per heavy atom. The first-order valence-electron chi connectivity index (χ1n) is 6.18. The molecule has 0 aliphatic carbocycles. The first kappa shape index (κ1) is 16.4. The van der Waals surface area contributed by atoms with Crippen LogP contribution in [0.2, 0.25) is 0 Å². The Morgan fingerprint density at radius 1 is 1.29 bits per heavy atom. The van der Waals surface area contributed by atoms with Crippen molar-refractivity contribution in [2.75, 3.05) is 0 Å². The molecule has 0 aromatic heterocycles. The van der Waals surface area contributed by atoms with Crippen LogP contribution in [-0.2, 0) is 16.1 Å². The van der Waals surface area contributed by atoms with Crippen molar-refractivity contribution in [1.82, 2.24) is 5.32 Å². The molecule has 1 atom stereocenters. The topological polar surface area (TPSA) is 156 Å². The van der Waals surface area contributed by atoms with Crippen LogP contribution in [0.25, 0.3) is 0 Å². The molecule has 0 radical (unpaired) electrons. The van der Waals surface area contributed by atoms with Gasteiger partial charge in [0.1, 0.15) is 11.3 Å². The van der Waals surface area contributed by atoms with Gasteiger partial charge in [-0.05, 0) is 24.1 Å². The van der Waals surface area contributed by atoms with Crippen LogP contribution in [0.4, 0.5) is 0 Å². The number of carbonyl (C=O) groups is 3. The molecule has 114 valence electrons. The Bertz CT molecular complexity index is 559. The van der Waals surface area contributed by atoms with Crippen molar-refractivity contribution in [3.63, 3.8) is 0 Å². The lowest BCUT2D eigenvalue weighted by atomic mass is 10.1. The number of hydrogen-bond donors (Lipinski definition) is 5. The van der Waals surface area contributed by atoms with Gasteiger partial charge in [-0.25, -0.2) is 4.79 Å². The number of aromatic carboxylic acids is 1. The van der Waals surface area contributed by atoms with Crippen LogP contribution in [0, 0.1) is 0 Å². The van der Waals surface area contributed by atoms with Gasteiger partial charge in [-0.2, -0.15) is 0 Å². The van der Waals surface area contributed by atoms with Gasteiger partial charge in [-0.15, -0.1) is 0 Å². The number of amides is 2. The molecular formula is C13H17N3O5. The average Bonchev–Trinajstić information content (AvgIpc) is 2.41. The van der Waals surface area contributed by atoms with E-state index in [1.165, 1.54) is 18.2 Å². The molecule has 0 aliphatic heterocycles. The minimum absolute atomic E-state index is 0.0166. The largest absolute Gasteiger partial charge is 0.507 e. The molecule has 1 aromatic rings. The zero-order chi connectivity index (χ0) is 16.0. The Morgan fingerprint density at radius 3 is 2.48 bits per heavy atom. The van der Waals surface area contributed by atoms with E-state index in [9.17, 15) is 19.5 Å². The van der Waals surface area contributed by atoms with Crippen LogP contribution in [0.3, 0.4) is 0 Å². The molecule has 0 saturated carbocycles. The summed E-state index contributed by atoms with van der Waals surface area (Å²) in [6, 6.07) is 3.10. The van der Waals surface area contributed by atoms with Gasteiger partial charge in [0.25, 0.3) is 0 Å². The number of primary amides is 1. The zero-order valence-electron chi connectivity index (χ0n) is 11.2. The summed E-state index contributed by atoms with van der Waals surface area (Å²) >= 11 is 0. The van der Waals surface area contributed by atoms with E-state index in [-0.39, 0.29) is 30.7 Å². The molecular weight excluding hydrogens is 278 g/mol. The summed E-state index contributed by atoms with van der Waals surface area (Å²) in [5.74, 6) is -2.62. The highest BCUT2D eigenvalue weighted by Gasteiger charge is 2.14. The van der Waals surface area contributed by atoms with Crippen molar-refractivity contribution in [1.29, 1.82) is 0 Å². The van der Waals surface area contributed by atoms with Crippen LogP contribution in [-0.4, -0.2) is 34.0 Å². The maximum absolute atomic E-state index is 11.6. The fourth-order valence-corrected chi connectivity index (χ4v) is 1.62. The second-order valence-electron chi connectivity index (χ2n) is 4.49. The lowest BCUT2D eigenvalue weighted by molar-refractivity contribution is -0.123. The van der Waals surface area contributed by atoms with E-state index in [0.29, 0.717) is 5.56 Å². The van der Waals surface area contributed by atoms with Crippen molar-refractivity contribution in [2.45, 2.75) is 25.4 Å². The van der Waals surface area contributed by atoms with E-state index in [4.69, 9.17) is 16.6 Å². The van der Waals surface area contributed by atoms with Gasteiger partial charge in [0.05, 0.1) is 6.04 Å². The van der Waals surface area contributed by atoms with E-state index in [0.717, 1.165) is 0 Å². The summed E-state index contributed by atoms with van der Waals surface area (Å²) in [6.45, 7) is 0.0799. The van der Waals surface area contributed by atoms with Crippen molar-refractivity contribution in [2.24, 2.45) is 11.5 Å².